The molecule has 1 fully saturated rings. The van der Waals surface area contributed by atoms with Crippen molar-refractivity contribution in [2.24, 2.45) is 0 Å². The summed E-state index contributed by atoms with van der Waals surface area (Å²) in [5.74, 6) is -1.04. The van der Waals surface area contributed by atoms with Crippen molar-refractivity contribution in [3.8, 4) is 0 Å². The molecule has 1 unspecified atom stereocenters. The first-order valence-corrected chi connectivity index (χ1v) is 7.03. The van der Waals surface area contributed by atoms with Crippen LogP contribution in [0.15, 0.2) is 30.3 Å². The number of rotatable bonds is 3. The number of likely N-dealkylation sites (tertiary alicyclic amines) is 1. The van der Waals surface area contributed by atoms with Crippen LogP contribution in [0.3, 0.4) is 0 Å². The van der Waals surface area contributed by atoms with Gasteiger partial charge in [-0.1, -0.05) is 30.3 Å². The predicted molar refractivity (Wildman–Crippen MR) is 77.7 cm³/mol. The average Bonchev–Trinajstić information content (AvgIpc) is 2.41. The fourth-order valence-electron chi connectivity index (χ4n) is 1.97. The Kier molecular flexibility index (Phi) is 4.49. The lowest BCUT2D eigenvalue weighted by Crippen LogP contribution is -2.60. The standard InChI is InChI=1S/C16H19NO5/c1-16(2,3)22-15(20)17-12(9-13(17)18)14(19)21-10-11-7-5-4-6-8-11/h4-8,12H,9-10H2,1-3H3. The van der Waals surface area contributed by atoms with Crippen molar-refractivity contribution in [2.75, 3.05) is 0 Å². The van der Waals surface area contributed by atoms with E-state index in [9.17, 15) is 14.4 Å². The monoisotopic (exact) mass is 305 g/mol. The summed E-state index contributed by atoms with van der Waals surface area (Å²) in [6, 6.07) is 8.29. The molecule has 0 radical (unpaired) electrons. The zero-order valence-electron chi connectivity index (χ0n) is 12.9. The number of benzene rings is 1. The van der Waals surface area contributed by atoms with Crippen LogP contribution in [-0.4, -0.2) is 34.5 Å². The SMILES string of the molecule is CC(C)(C)OC(=O)N1C(=O)CC1C(=O)OCc1ccccc1. The first kappa shape index (κ1) is 16.0. The first-order valence-electron chi connectivity index (χ1n) is 7.03. The molecular formula is C16H19NO5. The molecule has 0 aliphatic carbocycles. The summed E-state index contributed by atoms with van der Waals surface area (Å²) in [5.41, 5.74) is 0.108. The number of carbonyl (C=O) groups is 3. The Morgan fingerprint density at radius 2 is 1.86 bits per heavy atom. The van der Waals surface area contributed by atoms with Crippen LogP contribution in [0.25, 0.3) is 0 Å². The van der Waals surface area contributed by atoms with Crippen LogP contribution in [0.1, 0.15) is 32.8 Å². The second-order valence-electron chi connectivity index (χ2n) is 6.06. The van der Waals surface area contributed by atoms with Gasteiger partial charge < -0.3 is 9.47 Å². The van der Waals surface area contributed by atoms with Crippen LogP contribution in [0.4, 0.5) is 4.79 Å². The van der Waals surface area contributed by atoms with E-state index in [-0.39, 0.29) is 13.0 Å². The maximum atomic E-state index is 12.0. The van der Waals surface area contributed by atoms with Crippen LogP contribution in [-0.2, 0) is 25.7 Å². The Balaban J connectivity index is 1.92. The number of amides is 2. The summed E-state index contributed by atoms with van der Waals surface area (Å²) >= 11 is 0. The molecule has 22 heavy (non-hydrogen) atoms. The summed E-state index contributed by atoms with van der Waals surface area (Å²) in [5, 5.41) is 0. The van der Waals surface area contributed by atoms with Gasteiger partial charge in [-0.25, -0.2) is 14.5 Å². The third-order valence-electron chi connectivity index (χ3n) is 3.03. The summed E-state index contributed by atoms with van der Waals surface area (Å²) < 4.78 is 10.3. The van der Waals surface area contributed by atoms with Gasteiger partial charge in [-0.3, -0.25) is 4.79 Å². The molecule has 1 saturated heterocycles. The maximum Gasteiger partial charge on any atom is 0.417 e. The lowest BCUT2D eigenvalue weighted by atomic mass is 10.0. The van der Waals surface area contributed by atoms with Crippen molar-refractivity contribution in [3.63, 3.8) is 0 Å². The van der Waals surface area contributed by atoms with Crippen molar-refractivity contribution >= 4 is 18.0 Å². The molecule has 0 saturated carbocycles. The number of imide groups is 1. The normalized spacial score (nSPS) is 17.7. The number of nitrogens with zero attached hydrogens (tertiary/aromatic N) is 1. The average molecular weight is 305 g/mol. The van der Waals surface area contributed by atoms with Gasteiger partial charge in [-0.05, 0) is 26.3 Å². The summed E-state index contributed by atoms with van der Waals surface area (Å²) in [6.45, 7) is 5.18. The molecule has 2 rings (SSSR count). The molecule has 0 aromatic heterocycles. The maximum absolute atomic E-state index is 12.0. The van der Waals surface area contributed by atoms with Crippen LogP contribution < -0.4 is 0 Å². The van der Waals surface area contributed by atoms with E-state index in [0.717, 1.165) is 10.5 Å². The number of hydrogen-bond donors (Lipinski definition) is 0. The van der Waals surface area contributed by atoms with E-state index < -0.39 is 29.6 Å². The Morgan fingerprint density at radius 1 is 1.23 bits per heavy atom. The van der Waals surface area contributed by atoms with E-state index in [4.69, 9.17) is 9.47 Å². The molecule has 1 aliphatic heterocycles. The predicted octanol–water partition coefficient (Wildman–Crippen LogP) is 2.27. The molecule has 0 spiro atoms. The Bertz CT molecular complexity index is 576. The molecule has 1 atom stereocenters. The van der Waals surface area contributed by atoms with E-state index >= 15 is 0 Å². The largest absolute Gasteiger partial charge is 0.459 e. The molecule has 1 aromatic carbocycles. The second kappa shape index (κ2) is 6.17. The summed E-state index contributed by atoms with van der Waals surface area (Å²) in [6.07, 6.45) is -0.849. The molecule has 6 nitrogen and oxygen atoms in total. The van der Waals surface area contributed by atoms with Crippen LogP contribution in [0.2, 0.25) is 0 Å². The van der Waals surface area contributed by atoms with Crippen molar-refractivity contribution in [3.05, 3.63) is 35.9 Å². The van der Waals surface area contributed by atoms with Crippen LogP contribution in [0.5, 0.6) is 0 Å². The fraction of sp³-hybridized carbons (Fsp3) is 0.438. The van der Waals surface area contributed by atoms with Gasteiger partial charge in [0.05, 0.1) is 6.42 Å². The van der Waals surface area contributed by atoms with Gasteiger partial charge in [0, 0.05) is 0 Å². The van der Waals surface area contributed by atoms with Gasteiger partial charge in [0.15, 0.2) is 0 Å². The van der Waals surface area contributed by atoms with E-state index in [1.54, 1.807) is 20.8 Å². The number of esters is 1. The third kappa shape index (κ3) is 3.84. The molecule has 1 heterocycles. The van der Waals surface area contributed by atoms with E-state index in [1.807, 2.05) is 30.3 Å². The first-order chi connectivity index (χ1) is 10.3. The summed E-state index contributed by atoms with van der Waals surface area (Å²) in [7, 11) is 0. The van der Waals surface area contributed by atoms with Gasteiger partial charge in [-0.2, -0.15) is 0 Å². The van der Waals surface area contributed by atoms with Crippen molar-refractivity contribution in [1.82, 2.24) is 4.90 Å². The van der Waals surface area contributed by atoms with E-state index in [1.165, 1.54) is 0 Å². The van der Waals surface area contributed by atoms with Crippen molar-refractivity contribution < 1.29 is 23.9 Å². The smallest absolute Gasteiger partial charge is 0.417 e. The molecule has 1 aliphatic rings. The lowest BCUT2D eigenvalue weighted by molar-refractivity contribution is -0.165. The van der Waals surface area contributed by atoms with E-state index in [0.29, 0.717) is 0 Å². The zero-order chi connectivity index (χ0) is 16.3. The van der Waals surface area contributed by atoms with Gasteiger partial charge in [0.2, 0.25) is 5.91 Å². The third-order valence-corrected chi connectivity index (χ3v) is 3.03. The number of β-lactam (4-membered cyclic amide) rings is 1. The zero-order valence-corrected chi connectivity index (χ0v) is 12.9. The molecule has 2 amide bonds. The van der Waals surface area contributed by atoms with Crippen molar-refractivity contribution in [2.45, 2.75) is 45.4 Å². The van der Waals surface area contributed by atoms with Gasteiger partial charge in [0.25, 0.3) is 0 Å². The minimum atomic E-state index is -0.897. The molecule has 6 heteroatoms. The quantitative estimate of drug-likeness (QED) is 0.632. The van der Waals surface area contributed by atoms with Gasteiger partial charge in [0.1, 0.15) is 18.2 Å². The topological polar surface area (TPSA) is 72.9 Å². The summed E-state index contributed by atoms with van der Waals surface area (Å²) in [4.78, 5) is 36.3. The van der Waals surface area contributed by atoms with Crippen LogP contribution >= 0.6 is 0 Å². The highest BCUT2D eigenvalue weighted by atomic mass is 16.6. The number of hydrogen-bond acceptors (Lipinski definition) is 5. The molecule has 0 N–H and O–H groups in total. The minimum Gasteiger partial charge on any atom is -0.459 e. The Labute approximate surface area is 129 Å². The molecule has 118 valence electrons. The molecule has 0 bridgehead atoms. The van der Waals surface area contributed by atoms with Crippen molar-refractivity contribution in [1.29, 1.82) is 0 Å². The minimum absolute atomic E-state index is 0.0349. The molecular weight excluding hydrogens is 286 g/mol. The van der Waals surface area contributed by atoms with Gasteiger partial charge in [-0.15, -0.1) is 0 Å². The lowest BCUT2D eigenvalue weighted by Gasteiger charge is -2.37. The second-order valence-corrected chi connectivity index (χ2v) is 6.06. The molecule has 1 aromatic rings. The highest BCUT2D eigenvalue weighted by molar-refractivity contribution is 6.04. The number of ether oxygens (including phenoxy) is 2. The fourth-order valence-corrected chi connectivity index (χ4v) is 1.97. The van der Waals surface area contributed by atoms with Gasteiger partial charge >= 0.3 is 12.1 Å². The Morgan fingerprint density at radius 3 is 2.41 bits per heavy atom. The van der Waals surface area contributed by atoms with Crippen LogP contribution in [0, 0.1) is 0 Å². The highest BCUT2D eigenvalue weighted by Gasteiger charge is 2.48. The Hall–Kier alpha value is -2.37. The highest BCUT2D eigenvalue weighted by Crippen LogP contribution is 2.24. The number of carbonyl (C=O) groups excluding carboxylic acids is 3. The van der Waals surface area contributed by atoms with E-state index in [2.05, 4.69) is 0 Å².